The smallest absolute Gasteiger partial charge is 0.251 e. The van der Waals surface area contributed by atoms with Crippen molar-refractivity contribution in [3.05, 3.63) is 22.1 Å². The summed E-state index contributed by atoms with van der Waals surface area (Å²) in [7, 11) is 0. The van der Waals surface area contributed by atoms with E-state index in [2.05, 4.69) is 16.9 Å². The number of rotatable bonds is 6. The zero-order valence-electron chi connectivity index (χ0n) is 11.2. The van der Waals surface area contributed by atoms with Crippen molar-refractivity contribution in [1.29, 1.82) is 0 Å². The molecule has 0 spiro atoms. The summed E-state index contributed by atoms with van der Waals surface area (Å²) in [6.45, 7) is 3.63. The van der Waals surface area contributed by atoms with Crippen LogP contribution < -0.4 is 5.56 Å². The lowest BCUT2D eigenvalue weighted by atomic mass is 10.2. The lowest BCUT2D eigenvalue weighted by molar-refractivity contribution is -0.178. The molecule has 5 nitrogen and oxygen atoms in total. The van der Waals surface area contributed by atoms with Crippen LogP contribution in [0.1, 0.15) is 31.9 Å². The molecular weight excluding hydrogens is 264 g/mol. The monoisotopic (exact) mass is 284 g/mol. The second kappa shape index (κ2) is 7.67. The van der Waals surface area contributed by atoms with E-state index in [9.17, 15) is 4.79 Å². The number of hydrogen-bond donors (Lipinski definition) is 1. The molecule has 1 fully saturated rings. The van der Waals surface area contributed by atoms with E-state index in [0.717, 1.165) is 50.3 Å². The predicted molar refractivity (Wildman–Crippen MR) is 74.5 cm³/mol. The Hall–Kier alpha value is -0.850. The van der Waals surface area contributed by atoms with Crippen molar-refractivity contribution in [2.24, 2.45) is 0 Å². The Morgan fingerprint density at radius 3 is 3.00 bits per heavy atom. The van der Waals surface area contributed by atoms with Crippen LogP contribution in [0.15, 0.2) is 16.0 Å². The van der Waals surface area contributed by atoms with E-state index in [4.69, 9.17) is 9.47 Å². The largest absolute Gasteiger partial charge is 0.353 e. The van der Waals surface area contributed by atoms with E-state index in [1.807, 2.05) is 0 Å². The molecule has 1 aromatic heterocycles. The van der Waals surface area contributed by atoms with Gasteiger partial charge in [-0.3, -0.25) is 4.79 Å². The Kier molecular flexibility index (Phi) is 5.88. The van der Waals surface area contributed by atoms with E-state index in [1.54, 1.807) is 17.8 Å². The molecular formula is C13H20N2O3S. The molecule has 0 radical (unpaired) electrons. The zero-order chi connectivity index (χ0) is 13.5. The Labute approximate surface area is 117 Å². The van der Waals surface area contributed by atoms with Crippen LogP contribution >= 0.6 is 11.8 Å². The molecule has 1 aliphatic heterocycles. The number of nitrogens with one attached hydrogen (secondary N) is 1. The third kappa shape index (κ3) is 4.97. The van der Waals surface area contributed by atoms with Gasteiger partial charge in [0.2, 0.25) is 0 Å². The van der Waals surface area contributed by atoms with Gasteiger partial charge < -0.3 is 14.5 Å². The van der Waals surface area contributed by atoms with Gasteiger partial charge in [-0.25, -0.2) is 4.98 Å². The molecule has 0 amide bonds. The molecule has 2 rings (SSSR count). The molecule has 1 aliphatic rings. The van der Waals surface area contributed by atoms with Gasteiger partial charge in [0.05, 0.1) is 13.2 Å². The van der Waals surface area contributed by atoms with E-state index < -0.39 is 0 Å². The first-order valence-electron chi connectivity index (χ1n) is 6.74. The third-order valence-electron chi connectivity index (χ3n) is 2.77. The summed E-state index contributed by atoms with van der Waals surface area (Å²) in [5, 5.41) is 0.687. The van der Waals surface area contributed by atoms with Gasteiger partial charge in [-0.15, -0.1) is 0 Å². The first-order valence-corrected chi connectivity index (χ1v) is 7.72. The van der Waals surface area contributed by atoms with Crippen molar-refractivity contribution in [3.63, 3.8) is 0 Å². The average molecular weight is 284 g/mol. The van der Waals surface area contributed by atoms with E-state index in [0.29, 0.717) is 5.16 Å². The predicted octanol–water partition coefficient (Wildman–Crippen LogP) is 1.97. The minimum Gasteiger partial charge on any atom is -0.353 e. The highest BCUT2D eigenvalue weighted by Gasteiger charge is 2.14. The van der Waals surface area contributed by atoms with E-state index in [-0.39, 0.29) is 11.8 Å². The van der Waals surface area contributed by atoms with Gasteiger partial charge in [0.15, 0.2) is 11.4 Å². The number of aryl methyl sites for hydroxylation is 1. The van der Waals surface area contributed by atoms with Gasteiger partial charge >= 0.3 is 0 Å². The van der Waals surface area contributed by atoms with Gasteiger partial charge in [-0.2, -0.15) is 0 Å². The van der Waals surface area contributed by atoms with Crippen molar-refractivity contribution < 1.29 is 9.47 Å². The lowest BCUT2D eigenvalue weighted by Gasteiger charge is -2.22. The highest BCUT2D eigenvalue weighted by Crippen LogP contribution is 2.17. The van der Waals surface area contributed by atoms with Crippen LogP contribution in [0.2, 0.25) is 0 Å². The van der Waals surface area contributed by atoms with Crippen molar-refractivity contribution in [1.82, 2.24) is 9.97 Å². The molecule has 0 aromatic carbocycles. The van der Waals surface area contributed by atoms with Gasteiger partial charge in [-0.05, 0) is 12.8 Å². The molecule has 0 unspecified atom stereocenters. The van der Waals surface area contributed by atoms with Crippen LogP contribution in [-0.2, 0) is 15.9 Å². The number of H-pyrrole nitrogens is 1. The topological polar surface area (TPSA) is 64.2 Å². The Morgan fingerprint density at radius 2 is 2.26 bits per heavy atom. The summed E-state index contributed by atoms with van der Waals surface area (Å²) in [5.41, 5.74) is 0.782. The van der Waals surface area contributed by atoms with Gasteiger partial charge in [0.1, 0.15) is 0 Å². The molecule has 6 heteroatoms. The molecule has 1 aromatic rings. The van der Waals surface area contributed by atoms with Crippen molar-refractivity contribution >= 4 is 11.8 Å². The molecule has 0 atom stereocenters. The average Bonchev–Trinajstić information content (AvgIpc) is 2.40. The second-order valence-corrected chi connectivity index (χ2v) is 5.54. The fourth-order valence-corrected chi connectivity index (χ4v) is 2.75. The van der Waals surface area contributed by atoms with Crippen LogP contribution in [-0.4, -0.2) is 35.2 Å². The fraction of sp³-hybridized carbons (Fsp3) is 0.692. The van der Waals surface area contributed by atoms with Crippen molar-refractivity contribution in [3.8, 4) is 0 Å². The number of nitrogens with zero attached hydrogens (tertiary/aromatic N) is 1. The number of aromatic nitrogens is 2. The molecule has 1 N–H and O–H groups in total. The minimum atomic E-state index is -0.105. The maximum absolute atomic E-state index is 11.5. The maximum Gasteiger partial charge on any atom is 0.251 e. The minimum absolute atomic E-state index is 0.0777. The molecule has 106 valence electrons. The SMILES string of the molecule is CCCc1cc(=O)[nH]c(SCCC2OCCCO2)n1. The summed E-state index contributed by atoms with van der Waals surface area (Å²) in [6.07, 6.45) is 3.51. The van der Waals surface area contributed by atoms with Crippen LogP contribution in [0.5, 0.6) is 0 Å². The zero-order valence-corrected chi connectivity index (χ0v) is 12.0. The second-order valence-electron chi connectivity index (χ2n) is 4.45. The van der Waals surface area contributed by atoms with Crippen LogP contribution in [0, 0.1) is 0 Å². The summed E-state index contributed by atoms with van der Waals surface area (Å²) < 4.78 is 10.9. The summed E-state index contributed by atoms with van der Waals surface area (Å²) >= 11 is 1.54. The molecule has 19 heavy (non-hydrogen) atoms. The Bertz CT molecular complexity index is 444. The summed E-state index contributed by atoms with van der Waals surface area (Å²) in [6, 6.07) is 1.57. The van der Waals surface area contributed by atoms with Crippen molar-refractivity contribution in [2.45, 2.75) is 44.1 Å². The first-order chi connectivity index (χ1) is 9.28. The highest BCUT2D eigenvalue weighted by atomic mass is 32.2. The first kappa shape index (κ1) is 14.6. The standard InChI is InChI=1S/C13H20N2O3S/c1-2-4-10-9-11(16)15-13(14-10)19-8-5-12-17-6-3-7-18-12/h9,12H,2-8H2,1H3,(H,14,15,16). The quantitative estimate of drug-likeness (QED) is 0.639. The molecule has 0 aliphatic carbocycles. The van der Waals surface area contributed by atoms with Crippen LogP contribution in [0.4, 0.5) is 0 Å². The van der Waals surface area contributed by atoms with E-state index in [1.165, 1.54) is 0 Å². The third-order valence-corrected chi connectivity index (χ3v) is 3.67. The molecule has 2 heterocycles. The van der Waals surface area contributed by atoms with Gasteiger partial charge in [0.25, 0.3) is 5.56 Å². The maximum atomic E-state index is 11.5. The molecule has 0 bridgehead atoms. The molecule has 1 saturated heterocycles. The number of hydrogen-bond acceptors (Lipinski definition) is 5. The number of ether oxygens (including phenoxy) is 2. The summed E-state index contributed by atoms with van der Waals surface area (Å²) in [4.78, 5) is 18.7. The van der Waals surface area contributed by atoms with Gasteiger partial charge in [-0.1, -0.05) is 25.1 Å². The fourth-order valence-electron chi connectivity index (χ4n) is 1.89. The number of aromatic amines is 1. The van der Waals surface area contributed by atoms with Crippen molar-refractivity contribution in [2.75, 3.05) is 19.0 Å². The van der Waals surface area contributed by atoms with E-state index >= 15 is 0 Å². The number of thioether (sulfide) groups is 1. The van der Waals surface area contributed by atoms with Crippen LogP contribution in [0.3, 0.4) is 0 Å². The highest BCUT2D eigenvalue weighted by molar-refractivity contribution is 7.99. The van der Waals surface area contributed by atoms with Crippen LogP contribution in [0.25, 0.3) is 0 Å². The Balaban J connectivity index is 1.82. The molecule has 0 saturated carbocycles. The summed E-state index contributed by atoms with van der Waals surface area (Å²) in [5.74, 6) is 0.823. The Morgan fingerprint density at radius 1 is 1.47 bits per heavy atom. The van der Waals surface area contributed by atoms with Gasteiger partial charge in [0, 0.05) is 23.9 Å². The normalized spacial score (nSPS) is 16.7. The lowest BCUT2D eigenvalue weighted by Crippen LogP contribution is -2.25.